The molecule has 32 heavy (non-hydrogen) atoms. The lowest BCUT2D eigenvalue weighted by Gasteiger charge is -2.26. The molecule has 1 aliphatic heterocycles. The van der Waals surface area contributed by atoms with Crippen molar-refractivity contribution < 1.29 is 14.2 Å². The number of aromatic hydroxyl groups is 1. The Morgan fingerprint density at radius 2 is 2.06 bits per heavy atom. The zero-order valence-corrected chi connectivity index (χ0v) is 19.0. The van der Waals surface area contributed by atoms with Gasteiger partial charge in [-0.2, -0.15) is 4.98 Å². The van der Waals surface area contributed by atoms with Crippen molar-refractivity contribution in [2.45, 2.75) is 26.8 Å². The first-order valence-corrected chi connectivity index (χ1v) is 10.9. The molecule has 9 heteroatoms. The Bertz CT molecular complexity index is 1040. The minimum absolute atomic E-state index is 0.161. The number of hydrogen-bond donors (Lipinski definition) is 2. The number of nitrogens with one attached hydrogen (secondary N) is 1. The highest BCUT2D eigenvalue weighted by Gasteiger charge is 2.13. The fraction of sp³-hybridized carbons (Fsp3) is 0.391. The monoisotopic (exact) mass is 462 g/mol. The molecule has 2 aromatic rings. The Hall–Kier alpha value is -2.68. The first kappa shape index (κ1) is 24.0. The van der Waals surface area contributed by atoms with Crippen molar-refractivity contribution in [3.05, 3.63) is 74.6 Å². The number of benzene rings is 1. The Kier molecular flexibility index (Phi) is 8.44. The average Bonchev–Trinajstić information content (AvgIpc) is 2.74. The number of morpholine rings is 1. The van der Waals surface area contributed by atoms with E-state index < -0.39 is 17.1 Å². The van der Waals surface area contributed by atoms with Gasteiger partial charge < -0.3 is 19.7 Å². The number of nitrogens with zero attached hydrogens (tertiary/aromatic N) is 3. The molecule has 3 rings (SSSR count). The van der Waals surface area contributed by atoms with Gasteiger partial charge in [0.2, 0.25) is 5.95 Å². The first-order valence-electron chi connectivity index (χ1n) is 10.6. The normalized spacial score (nSPS) is 15.8. The van der Waals surface area contributed by atoms with Crippen molar-refractivity contribution in [1.82, 2.24) is 14.5 Å². The molecule has 0 saturated carbocycles. The maximum Gasteiger partial charge on any atom is 0.316 e. The predicted octanol–water partition coefficient (Wildman–Crippen LogP) is 3.77. The highest BCUT2D eigenvalue weighted by molar-refractivity contribution is 6.30. The highest BCUT2D eigenvalue weighted by atomic mass is 35.5. The van der Waals surface area contributed by atoms with Crippen LogP contribution in [0.3, 0.4) is 0 Å². The van der Waals surface area contributed by atoms with Crippen LogP contribution >= 0.6 is 11.6 Å². The van der Waals surface area contributed by atoms with Crippen molar-refractivity contribution in [2.75, 3.05) is 38.2 Å². The molecule has 0 radical (unpaired) electrons. The van der Waals surface area contributed by atoms with Gasteiger partial charge in [0.1, 0.15) is 5.82 Å². The van der Waals surface area contributed by atoms with Crippen LogP contribution in [0.2, 0.25) is 5.02 Å². The van der Waals surface area contributed by atoms with Crippen LogP contribution in [-0.2, 0) is 11.3 Å². The molecule has 1 aliphatic rings. The molecule has 0 bridgehead atoms. The third kappa shape index (κ3) is 6.66. The van der Waals surface area contributed by atoms with Crippen molar-refractivity contribution >= 4 is 17.5 Å². The van der Waals surface area contributed by atoms with Gasteiger partial charge >= 0.3 is 5.56 Å². The third-order valence-corrected chi connectivity index (χ3v) is 5.31. The molecule has 1 fully saturated rings. The Morgan fingerprint density at radius 1 is 1.31 bits per heavy atom. The van der Waals surface area contributed by atoms with Gasteiger partial charge in [-0.15, -0.1) is 0 Å². The molecule has 2 N–H and O–H groups in total. The lowest BCUT2D eigenvalue weighted by Crippen LogP contribution is -2.36. The molecule has 2 heterocycles. The molecule has 7 nitrogen and oxygen atoms in total. The summed E-state index contributed by atoms with van der Waals surface area (Å²) in [5.41, 5.74) is 1.64. The standard InChI is InChI=1S/C23H28ClFN4O3/c1-3-4-16(2)20(5-6-28-7-9-32-10-8-28)26-23-27-22(31)21(30)15-29(23)14-17-11-18(24)13-19(25)12-17/h4-5,11-13,15,30H,3,6-10,14H2,1-2H3,(H,26,27,31)/b16-4-,20-5+. The zero-order valence-electron chi connectivity index (χ0n) is 18.3. The van der Waals surface area contributed by atoms with Gasteiger partial charge in [-0.25, -0.2) is 4.39 Å². The summed E-state index contributed by atoms with van der Waals surface area (Å²) in [6, 6.07) is 4.19. The molecule has 1 aromatic heterocycles. The van der Waals surface area contributed by atoms with E-state index in [1.165, 1.54) is 18.3 Å². The maximum atomic E-state index is 13.8. The largest absolute Gasteiger partial charge is 0.502 e. The summed E-state index contributed by atoms with van der Waals surface area (Å²) in [7, 11) is 0. The van der Waals surface area contributed by atoms with Crippen LogP contribution in [-0.4, -0.2) is 52.4 Å². The van der Waals surface area contributed by atoms with Gasteiger partial charge in [-0.1, -0.05) is 24.6 Å². The molecule has 0 atom stereocenters. The van der Waals surface area contributed by atoms with E-state index in [9.17, 15) is 14.3 Å². The predicted molar refractivity (Wildman–Crippen MR) is 124 cm³/mol. The summed E-state index contributed by atoms with van der Waals surface area (Å²) >= 11 is 5.98. The molecule has 172 valence electrons. The lowest BCUT2D eigenvalue weighted by molar-refractivity contribution is 0.0434. The number of anilines is 1. The second-order valence-corrected chi connectivity index (χ2v) is 8.05. The molecular formula is C23H28ClFN4O3. The van der Waals surface area contributed by atoms with Crippen molar-refractivity contribution in [2.24, 2.45) is 0 Å². The second kappa shape index (κ2) is 11.3. The van der Waals surface area contributed by atoms with Gasteiger partial charge in [-0.3, -0.25) is 9.69 Å². The fourth-order valence-corrected chi connectivity index (χ4v) is 3.70. The van der Waals surface area contributed by atoms with Crippen LogP contribution in [0.5, 0.6) is 5.75 Å². The topological polar surface area (TPSA) is 79.6 Å². The number of halogens is 2. The summed E-state index contributed by atoms with van der Waals surface area (Å²) in [5, 5.41) is 13.4. The lowest BCUT2D eigenvalue weighted by atomic mass is 10.1. The van der Waals surface area contributed by atoms with Crippen LogP contribution in [0.4, 0.5) is 10.3 Å². The van der Waals surface area contributed by atoms with E-state index in [2.05, 4.69) is 27.4 Å². The molecule has 1 aromatic carbocycles. The van der Waals surface area contributed by atoms with Crippen LogP contribution in [0.15, 0.2) is 52.6 Å². The summed E-state index contributed by atoms with van der Waals surface area (Å²) in [4.78, 5) is 18.4. The first-order chi connectivity index (χ1) is 15.4. The number of hydrogen-bond acceptors (Lipinski definition) is 6. The fourth-order valence-electron chi connectivity index (χ4n) is 3.45. The number of rotatable bonds is 8. The maximum absolute atomic E-state index is 13.8. The van der Waals surface area contributed by atoms with Crippen molar-refractivity contribution in [3.8, 4) is 5.75 Å². The van der Waals surface area contributed by atoms with Gasteiger partial charge in [0.25, 0.3) is 0 Å². The van der Waals surface area contributed by atoms with Gasteiger partial charge in [-0.05, 0) is 48.8 Å². The molecule has 0 amide bonds. The Balaban J connectivity index is 1.92. The van der Waals surface area contributed by atoms with Crippen LogP contribution in [0.25, 0.3) is 0 Å². The van der Waals surface area contributed by atoms with E-state index in [4.69, 9.17) is 16.3 Å². The van der Waals surface area contributed by atoms with Crippen LogP contribution in [0.1, 0.15) is 25.8 Å². The molecular weight excluding hydrogens is 435 g/mol. The van der Waals surface area contributed by atoms with E-state index in [0.29, 0.717) is 25.3 Å². The minimum Gasteiger partial charge on any atom is -0.502 e. The summed E-state index contributed by atoms with van der Waals surface area (Å²) in [6.07, 6.45) is 6.26. The highest BCUT2D eigenvalue weighted by Crippen LogP contribution is 2.20. The van der Waals surface area contributed by atoms with E-state index in [1.54, 1.807) is 10.6 Å². The van der Waals surface area contributed by atoms with Crippen LogP contribution < -0.4 is 10.9 Å². The van der Waals surface area contributed by atoms with E-state index in [-0.39, 0.29) is 17.5 Å². The third-order valence-electron chi connectivity index (χ3n) is 5.09. The molecule has 0 unspecified atom stereocenters. The summed E-state index contributed by atoms with van der Waals surface area (Å²) in [6.45, 7) is 8.01. The molecule has 0 spiro atoms. The SMILES string of the molecule is CC/C=C(C)\C(=C/CN1CCOCC1)Nc1nc(=O)c(O)cn1Cc1cc(F)cc(Cl)c1. The summed E-state index contributed by atoms with van der Waals surface area (Å²) in [5.74, 6) is -0.712. The molecule has 0 aliphatic carbocycles. The van der Waals surface area contributed by atoms with E-state index in [1.807, 2.05) is 13.8 Å². The summed E-state index contributed by atoms with van der Waals surface area (Å²) < 4.78 is 20.8. The van der Waals surface area contributed by atoms with E-state index >= 15 is 0 Å². The number of ether oxygens (including phenoxy) is 1. The quantitative estimate of drug-likeness (QED) is 0.581. The smallest absolute Gasteiger partial charge is 0.316 e. The van der Waals surface area contributed by atoms with Crippen LogP contribution in [0, 0.1) is 5.82 Å². The Morgan fingerprint density at radius 3 is 2.75 bits per heavy atom. The van der Waals surface area contributed by atoms with Gasteiger partial charge in [0.05, 0.1) is 26.0 Å². The zero-order chi connectivity index (χ0) is 23.1. The Labute approximate surface area is 191 Å². The van der Waals surface area contributed by atoms with Gasteiger partial charge in [0.15, 0.2) is 5.75 Å². The van der Waals surface area contributed by atoms with Gasteiger partial charge in [0, 0.05) is 30.4 Å². The van der Waals surface area contributed by atoms with Crippen molar-refractivity contribution in [1.29, 1.82) is 0 Å². The van der Waals surface area contributed by atoms with Crippen molar-refractivity contribution in [3.63, 3.8) is 0 Å². The molecule has 1 saturated heterocycles. The number of allylic oxidation sites excluding steroid dienone is 2. The van der Waals surface area contributed by atoms with E-state index in [0.717, 1.165) is 30.8 Å². The minimum atomic E-state index is -0.745. The number of aromatic nitrogens is 2. The average molecular weight is 463 g/mol. The second-order valence-electron chi connectivity index (χ2n) is 7.61.